The van der Waals surface area contributed by atoms with Crippen molar-refractivity contribution in [1.82, 2.24) is 4.98 Å². The highest BCUT2D eigenvalue weighted by Crippen LogP contribution is 2.33. The van der Waals surface area contributed by atoms with E-state index in [1.54, 1.807) is 30.3 Å². The second-order valence-corrected chi connectivity index (χ2v) is 6.19. The van der Waals surface area contributed by atoms with Crippen molar-refractivity contribution in [3.8, 4) is 0 Å². The van der Waals surface area contributed by atoms with E-state index in [0.717, 1.165) is 11.8 Å². The molecule has 2 aromatic carbocycles. The molecule has 24 heavy (non-hydrogen) atoms. The molecule has 120 valence electrons. The second kappa shape index (κ2) is 5.42. The van der Waals surface area contributed by atoms with E-state index in [0.29, 0.717) is 39.9 Å². The van der Waals surface area contributed by atoms with E-state index in [4.69, 9.17) is 0 Å². The van der Waals surface area contributed by atoms with Crippen molar-refractivity contribution in [3.63, 3.8) is 0 Å². The fourth-order valence-electron chi connectivity index (χ4n) is 3.41. The lowest BCUT2D eigenvalue weighted by Crippen LogP contribution is -2.21. The number of rotatable bonds is 3. The van der Waals surface area contributed by atoms with Crippen LogP contribution in [0, 0.1) is 0 Å². The summed E-state index contributed by atoms with van der Waals surface area (Å²) < 4.78 is 0. The molecule has 1 unspecified atom stereocenters. The Hall–Kier alpha value is -2.72. The number of aliphatic hydroxyl groups excluding tert-OH is 1. The first kappa shape index (κ1) is 14.8. The number of carbonyl (C=O) groups excluding carboxylic acids is 2. The van der Waals surface area contributed by atoms with Crippen LogP contribution in [0.2, 0.25) is 0 Å². The maximum absolute atomic E-state index is 12.9. The summed E-state index contributed by atoms with van der Waals surface area (Å²) in [5.41, 5.74) is 3.03. The Balaban J connectivity index is 1.94. The lowest BCUT2D eigenvalue weighted by atomic mass is 9.83. The van der Waals surface area contributed by atoms with E-state index >= 15 is 0 Å². The number of hydrogen-bond acceptors (Lipinski definition) is 3. The maximum Gasteiger partial charge on any atom is 0.196 e. The predicted molar refractivity (Wildman–Crippen MR) is 91.5 cm³/mol. The topological polar surface area (TPSA) is 70.2 Å². The Labute approximate surface area is 139 Å². The van der Waals surface area contributed by atoms with Gasteiger partial charge in [-0.1, -0.05) is 43.7 Å². The molecule has 0 saturated carbocycles. The monoisotopic (exact) mass is 319 g/mol. The van der Waals surface area contributed by atoms with Crippen LogP contribution in [0.4, 0.5) is 0 Å². The van der Waals surface area contributed by atoms with Gasteiger partial charge in [0.25, 0.3) is 0 Å². The highest BCUT2D eigenvalue weighted by Gasteiger charge is 2.31. The van der Waals surface area contributed by atoms with Gasteiger partial charge in [0.15, 0.2) is 11.6 Å². The van der Waals surface area contributed by atoms with E-state index in [1.807, 2.05) is 19.1 Å². The average molecular weight is 319 g/mol. The maximum atomic E-state index is 12.9. The van der Waals surface area contributed by atoms with E-state index in [2.05, 4.69) is 4.98 Å². The Morgan fingerprint density at radius 1 is 1.00 bits per heavy atom. The van der Waals surface area contributed by atoms with Crippen molar-refractivity contribution in [2.75, 3.05) is 0 Å². The first-order chi connectivity index (χ1) is 11.6. The van der Waals surface area contributed by atoms with Crippen LogP contribution in [0.25, 0.3) is 10.9 Å². The number of nitrogens with one attached hydrogen (secondary N) is 1. The average Bonchev–Trinajstić information content (AvgIpc) is 3.03. The summed E-state index contributed by atoms with van der Waals surface area (Å²) in [4.78, 5) is 28.8. The summed E-state index contributed by atoms with van der Waals surface area (Å²) in [6.07, 6.45) is 0.907. The molecular weight excluding hydrogens is 302 g/mol. The van der Waals surface area contributed by atoms with Crippen molar-refractivity contribution in [2.45, 2.75) is 25.9 Å². The molecule has 1 aliphatic rings. The van der Waals surface area contributed by atoms with Crippen molar-refractivity contribution in [2.24, 2.45) is 0 Å². The van der Waals surface area contributed by atoms with Crippen LogP contribution in [-0.2, 0) is 0 Å². The third-order valence-electron chi connectivity index (χ3n) is 4.63. The summed E-state index contributed by atoms with van der Waals surface area (Å²) in [6, 6.07) is 12.3. The Bertz CT molecular complexity index is 984. The molecule has 0 fully saturated rings. The lowest BCUT2D eigenvalue weighted by Gasteiger charge is -2.17. The number of aromatic amines is 1. The number of fused-ring (bicyclic) bond motifs is 4. The molecule has 1 aromatic heterocycles. The molecule has 0 bridgehead atoms. The van der Waals surface area contributed by atoms with E-state index in [1.165, 1.54) is 0 Å². The smallest absolute Gasteiger partial charge is 0.196 e. The van der Waals surface area contributed by atoms with Gasteiger partial charge in [0.05, 0.1) is 17.2 Å². The van der Waals surface area contributed by atoms with Gasteiger partial charge in [-0.3, -0.25) is 9.59 Å². The first-order valence-electron chi connectivity index (χ1n) is 8.14. The largest absolute Gasteiger partial charge is 0.387 e. The summed E-state index contributed by atoms with van der Waals surface area (Å²) >= 11 is 0. The summed E-state index contributed by atoms with van der Waals surface area (Å²) in [5, 5.41) is 11.1. The van der Waals surface area contributed by atoms with Gasteiger partial charge < -0.3 is 10.1 Å². The van der Waals surface area contributed by atoms with Gasteiger partial charge in [-0.2, -0.15) is 0 Å². The van der Waals surface area contributed by atoms with Crippen molar-refractivity contribution >= 4 is 22.5 Å². The van der Waals surface area contributed by atoms with Crippen molar-refractivity contribution in [3.05, 3.63) is 70.4 Å². The third-order valence-corrected chi connectivity index (χ3v) is 4.63. The van der Waals surface area contributed by atoms with Gasteiger partial charge in [-0.05, 0) is 18.6 Å². The molecule has 0 amide bonds. The number of benzene rings is 2. The number of aromatic nitrogens is 1. The van der Waals surface area contributed by atoms with E-state index in [-0.39, 0.29) is 11.6 Å². The molecule has 4 nitrogen and oxygen atoms in total. The zero-order valence-corrected chi connectivity index (χ0v) is 13.3. The quantitative estimate of drug-likeness (QED) is 0.604. The van der Waals surface area contributed by atoms with Crippen LogP contribution >= 0.6 is 0 Å². The van der Waals surface area contributed by atoms with Gasteiger partial charge in [0, 0.05) is 27.8 Å². The normalized spacial score (nSPS) is 14.6. The SMILES string of the molecule is CCCC(O)c1cc2ccc3c(c2[nH]1)C(=O)c1ccccc1C3=O. The van der Waals surface area contributed by atoms with Gasteiger partial charge in [0.2, 0.25) is 0 Å². The molecule has 4 heteroatoms. The van der Waals surface area contributed by atoms with Crippen LogP contribution in [0.5, 0.6) is 0 Å². The molecule has 1 atom stereocenters. The molecule has 1 aliphatic carbocycles. The molecular formula is C20H17NO3. The molecule has 0 spiro atoms. The van der Waals surface area contributed by atoms with Crippen LogP contribution in [0.3, 0.4) is 0 Å². The molecule has 0 radical (unpaired) electrons. The van der Waals surface area contributed by atoms with Crippen LogP contribution in [0.1, 0.15) is 63.4 Å². The molecule has 3 aromatic rings. The number of H-pyrrole nitrogens is 1. The van der Waals surface area contributed by atoms with Crippen molar-refractivity contribution < 1.29 is 14.7 Å². The predicted octanol–water partition coefficient (Wildman–Crippen LogP) is 3.78. The standard InChI is InChI=1S/C20H17NO3/c1-2-5-16(22)15-10-11-8-9-14-17(18(11)21-15)20(24)13-7-4-3-6-12(13)19(14)23/h3-4,6-10,16,21-22H,2,5H2,1H3. The highest BCUT2D eigenvalue weighted by atomic mass is 16.3. The third kappa shape index (κ3) is 2.03. The molecule has 4 rings (SSSR count). The van der Waals surface area contributed by atoms with Crippen LogP contribution in [0.15, 0.2) is 42.5 Å². The van der Waals surface area contributed by atoms with Gasteiger partial charge in [0.1, 0.15) is 0 Å². The van der Waals surface area contributed by atoms with Crippen molar-refractivity contribution in [1.29, 1.82) is 0 Å². The minimum Gasteiger partial charge on any atom is -0.387 e. The minimum atomic E-state index is -0.597. The molecule has 0 saturated heterocycles. The first-order valence-corrected chi connectivity index (χ1v) is 8.14. The Kier molecular flexibility index (Phi) is 3.36. The van der Waals surface area contributed by atoms with Crippen LogP contribution in [-0.4, -0.2) is 21.7 Å². The van der Waals surface area contributed by atoms with E-state index < -0.39 is 6.10 Å². The summed E-state index contributed by atoms with van der Waals surface area (Å²) in [5.74, 6) is -0.281. The molecule has 0 aliphatic heterocycles. The summed E-state index contributed by atoms with van der Waals surface area (Å²) in [6.45, 7) is 2.01. The fraction of sp³-hybridized carbons (Fsp3) is 0.200. The Morgan fingerprint density at radius 2 is 1.71 bits per heavy atom. The number of ketones is 2. The lowest BCUT2D eigenvalue weighted by molar-refractivity contribution is 0.0980. The van der Waals surface area contributed by atoms with E-state index in [9.17, 15) is 14.7 Å². The number of hydrogen-bond donors (Lipinski definition) is 2. The fourth-order valence-corrected chi connectivity index (χ4v) is 3.41. The highest BCUT2D eigenvalue weighted by molar-refractivity contribution is 6.31. The zero-order chi connectivity index (χ0) is 16.8. The Morgan fingerprint density at radius 3 is 2.42 bits per heavy atom. The zero-order valence-electron chi connectivity index (χ0n) is 13.3. The second-order valence-electron chi connectivity index (χ2n) is 6.19. The number of carbonyl (C=O) groups is 2. The van der Waals surface area contributed by atoms with Gasteiger partial charge in [-0.15, -0.1) is 0 Å². The van der Waals surface area contributed by atoms with Gasteiger partial charge >= 0.3 is 0 Å². The minimum absolute atomic E-state index is 0.132. The summed E-state index contributed by atoms with van der Waals surface area (Å²) in [7, 11) is 0. The molecule has 1 heterocycles. The van der Waals surface area contributed by atoms with Crippen LogP contribution < -0.4 is 0 Å². The number of aliphatic hydroxyl groups is 1. The molecule has 2 N–H and O–H groups in total. The van der Waals surface area contributed by atoms with Gasteiger partial charge in [-0.25, -0.2) is 0 Å².